The number of hydrogen-bond acceptors (Lipinski definition) is 5. The molecule has 0 aliphatic carbocycles. The minimum Gasteiger partial charge on any atom is -0.335 e. The summed E-state index contributed by atoms with van der Waals surface area (Å²) in [6.07, 6.45) is 3.39. The molecular formula is C14H16N4OS. The van der Waals surface area contributed by atoms with E-state index in [-0.39, 0.29) is 5.91 Å². The Kier molecular flexibility index (Phi) is 3.75. The van der Waals surface area contributed by atoms with Crippen molar-refractivity contribution in [2.24, 2.45) is 0 Å². The molecule has 1 amide bonds. The molecule has 1 aliphatic heterocycles. The summed E-state index contributed by atoms with van der Waals surface area (Å²) in [4.78, 5) is 23.6. The lowest BCUT2D eigenvalue weighted by Crippen LogP contribution is -2.51. The van der Waals surface area contributed by atoms with E-state index in [2.05, 4.69) is 22.2 Å². The Hall–Kier alpha value is -1.79. The fraction of sp³-hybridized carbons (Fsp3) is 0.357. The first-order valence-electron chi connectivity index (χ1n) is 6.64. The fourth-order valence-corrected chi connectivity index (χ4v) is 3.11. The molecule has 5 nitrogen and oxygen atoms in total. The maximum Gasteiger partial charge on any atom is 0.265 e. The lowest BCUT2D eigenvalue weighted by Gasteiger charge is -2.31. The average Bonchev–Trinajstić information content (AvgIpc) is 2.97. The first-order valence-corrected chi connectivity index (χ1v) is 7.45. The van der Waals surface area contributed by atoms with E-state index in [9.17, 15) is 4.79 Å². The van der Waals surface area contributed by atoms with Gasteiger partial charge in [0.15, 0.2) is 0 Å². The van der Waals surface area contributed by atoms with Gasteiger partial charge < -0.3 is 10.2 Å². The van der Waals surface area contributed by atoms with Crippen molar-refractivity contribution >= 4 is 17.2 Å². The molecule has 1 aliphatic rings. The van der Waals surface area contributed by atoms with Crippen molar-refractivity contribution in [2.75, 3.05) is 19.6 Å². The zero-order valence-corrected chi connectivity index (χ0v) is 12.1. The van der Waals surface area contributed by atoms with Crippen molar-refractivity contribution < 1.29 is 4.79 Å². The molecule has 1 N–H and O–H groups in total. The number of nitrogens with zero attached hydrogens (tertiary/aromatic N) is 3. The number of rotatable bonds is 2. The molecule has 0 saturated carbocycles. The van der Waals surface area contributed by atoms with E-state index in [0.717, 1.165) is 30.3 Å². The summed E-state index contributed by atoms with van der Waals surface area (Å²) in [5, 5.41) is 4.12. The number of piperazine rings is 1. The molecule has 0 aromatic carbocycles. The summed E-state index contributed by atoms with van der Waals surface area (Å²) in [6, 6.07) is 6.03. The summed E-state index contributed by atoms with van der Waals surface area (Å²) in [5.74, 6) is 0.0676. The van der Waals surface area contributed by atoms with Crippen LogP contribution in [0.2, 0.25) is 0 Å². The normalized spacial score (nSPS) is 19.1. The lowest BCUT2D eigenvalue weighted by molar-refractivity contribution is 0.0714. The van der Waals surface area contributed by atoms with Crippen LogP contribution < -0.4 is 5.32 Å². The van der Waals surface area contributed by atoms with Crippen molar-refractivity contribution in [1.82, 2.24) is 20.2 Å². The minimum absolute atomic E-state index is 0.0676. The Morgan fingerprint density at radius 1 is 1.45 bits per heavy atom. The topological polar surface area (TPSA) is 58.1 Å². The molecule has 1 fully saturated rings. The van der Waals surface area contributed by atoms with Gasteiger partial charge in [-0.2, -0.15) is 0 Å². The van der Waals surface area contributed by atoms with Gasteiger partial charge in [-0.3, -0.25) is 9.78 Å². The Morgan fingerprint density at radius 3 is 3.10 bits per heavy atom. The van der Waals surface area contributed by atoms with Crippen LogP contribution in [0, 0.1) is 0 Å². The number of thiazole rings is 1. The van der Waals surface area contributed by atoms with Crippen LogP contribution in [0.1, 0.15) is 16.6 Å². The fourth-order valence-electron chi connectivity index (χ4n) is 2.25. The van der Waals surface area contributed by atoms with Gasteiger partial charge in [-0.05, 0) is 19.1 Å². The zero-order valence-electron chi connectivity index (χ0n) is 11.2. The van der Waals surface area contributed by atoms with Gasteiger partial charge in [-0.1, -0.05) is 6.07 Å². The van der Waals surface area contributed by atoms with Crippen molar-refractivity contribution in [3.8, 4) is 10.7 Å². The second-order valence-electron chi connectivity index (χ2n) is 4.85. The maximum absolute atomic E-state index is 12.4. The lowest BCUT2D eigenvalue weighted by atomic mass is 10.2. The van der Waals surface area contributed by atoms with Crippen molar-refractivity contribution in [3.05, 3.63) is 35.5 Å². The summed E-state index contributed by atoms with van der Waals surface area (Å²) in [7, 11) is 0. The molecule has 2 aromatic heterocycles. The quantitative estimate of drug-likeness (QED) is 0.912. The van der Waals surface area contributed by atoms with Crippen LogP contribution in [0.5, 0.6) is 0 Å². The number of carbonyl (C=O) groups is 1. The largest absolute Gasteiger partial charge is 0.335 e. The third kappa shape index (κ3) is 2.71. The van der Waals surface area contributed by atoms with Crippen molar-refractivity contribution in [2.45, 2.75) is 13.0 Å². The molecular weight excluding hydrogens is 272 g/mol. The van der Waals surface area contributed by atoms with Gasteiger partial charge in [0.25, 0.3) is 5.91 Å². The molecule has 104 valence electrons. The molecule has 3 rings (SSSR count). The number of aromatic nitrogens is 2. The van der Waals surface area contributed by atoms with Crippen LogP contribution in [0.15, 0.2) is 30.6 Å². The van der Waals surface area contributed by atoms with Gasteiger partial charge in [0.2, 0.25) is 0 Å². The summed E-state index contributed by atoms with van der Waals surface area (Å²) < 4.78 is 0. The Morgan fingerprint density at radius 2 is 2.35 bits per heavy atom. The highest BCUT2D eigenvalue weighted by Gasteiger charge is 2.23. The van der Waals surface area contributed by atoms with Crippen LogP contribution in [0.4, 0.5) is 0 Å². The minimum atomic E-state index is 0.0676. The molecule has 0 spiro atoms. The first-order chi connectivity index (χ1) is 9.74. The highest BCUT2D eigenvalue weighted by Crippen LogP contribution is 2.24. The van der Waals surface area contributed by atoms with Crippen molar-refractivity contribution in [3.63, 3.8) is 0 Å². The first kappa shape index (κ1) is 13.2. The van der Waals surface area contributed by atoms with E-state index in [1.54, 1.807) is 12.4 Å². The molecule has 3 heterocycles. The Labute approximate surface area is 121 Å². The van der Waals surface area contributed by atoms with Crippen LogP contribution in [0.25, 0.3) is 10.7 Å². The molecule has 0 bridgehead atoms. The van der Waals surface area contributed by atoms with Gasteiger partial charge in [-0.15, -0.1) is 11.3 Å². The predicted molar refractivity (Wildman–Crippen MR) is 78.7 cm³/mol. The molecule has 0 radical (unpaired) electrons. The second-order valence-corrected chi connectivity index (χ2v) is 5.88. The number of hydrogen-bond donors (Lipinski definition) is 1. The molecule has 1 saturated heterocycles. The highest BCUT2D eigenvalue weighted by atomic mass is 32.1. The van der Waals surface area contributed by atoms with E-state index in [1.165, 1.54) is 11.3 Å². The summed E-state index contributed by atoms with van der Waals surface area (Å²) >= 11 is 1.40. The molecule has 20 heavy (non-hydrogen) atoms. The summed E-state index contributed by atoms with van der Waals surface area (Å²) in [5.41, 5.74) is 0.810. The summed E-state index contributed by atoms with van der Waals surface area (Å²) in [6.45, 7) is 4.43. The van der Waals surface area contributed by atoms with E-state index in [0.29, 0.717) is 10.9 Å². The highest BCUT2D eigenvalue weighted by molar-refractivity contribution is 7.16. The third-order valence-electron chi connectivity index (χ3n) is 3.26. The Balaban J connectivity index is 1.78. The van der Waals surface area contributed by atoms with Crippen LogP contribution in [-0.4, -0.2) is 46.5 Å². The van der Waals surface area contributed by atoms with Gasteiger partial charge >= 0.3 is 0 Å². The molecule has 1 atom stereocenters. The number of carbonyl (C=O) groups excluding carboxylic acids is 1. The maximum atomic E-state index is 12.4. The number of pyridine rings is 1. The number of amides is 1. The molecule has 2 aromatic rings. The van der Waals surface area contributed by atoms with E-state index >= 15 is 0 Å². The SMILES string of the molecule is C[C@@H]1CN(C(=O)c2cnc(-c3ccccn3)s2)CCN1. The monoisotopic (exact) mass is 288 g/mol. The van der Waals surface area contributed by atoms with E-state index in [1.807, 2.05) is 23.1 Å². The van der Waals surface area contributed by atoms with Gasteiger partial charge in [0.05, 0.1) is 11.9 Å². The van der Waals surface area contributed by atoms with Crippen molar-refractivity contribution in [1.29, 1.82) is 0 Å². The zero-order chi connectivity index (χ0) is 13.9. The standard InChI is InChI=1S/C14H16N4OS/c1-10-9-18(7-6-15-10)14(19)12-8-17-13(20-12)11-4-2-3-5-16-11/h2-5,8,10,15H,6-7,9H2,1H3/t10-/m1/s1. The molecule has 0 unspecified atom stereocenters. The van der Waals surface area contributed by atoms with E-state index < -0.39 is 0 Å². The Bertz CT molecular complexity index is 598. The average molecular weight is 288 g/mol. The molecule has 6 heteroatoms. The van der Waals surface area contributed by atoms with Crippen LogP contribution in [-0.2, 0) is 0 Å². The second kappa shape index (κ2) is 5.68. The van der Waals surface area contributed by atoms with Crippen LogP contribution in [0.3, 0.4) is 0 Å². The van der Waals surface area contributed by atoms with Gasteiger partial charge in [-0.25, -0.2) is 4.98 Å². The van der Waals surface area contributed by atoms with Crippen LogP contribution >= 0.6 is 11.3 Å². The predicted octanol–water partition coefficient (Wildman–Crippen LogP) is 1.64. The number of nitrogens with one attached hydrogen (secondary N) is 1. The van der Waals surface area contributed by atoms with Gasteiger partial charge in [0.1, 0.15) is 9.88 Å². The van der Waals surface area contributed by atoms with E-state index in [4.69, 9.17) is 0 Å². The third-order valence-corrected chi connectivity index (χ3v) is 4.26. The smallest absolute Gasteiger partial charge is 0.265 e. The van der Waals surface area contributed by atoms with Gasteiger partial charge in [0, 0.05) is 31.9 Å².